The predicted molar refractivity (Wildman–Crippen MR) is 117 cm³/mol. The van der Waals surface area contributed by atoms with E-state index in [1.807, 2.05) is 0 Å². The van der Waals surface area contributed by atoms with Crippen molar-refractivity contribution in [1.82, 2.24) is 19.7 Å². The summed E-state index contributed by atoms with van der Waals surface area (Å²) in [6.07, 6.45) is 2.61. The molecule has 0 saturated heterocycles. The van der Waals surface area contributed by atoms with Gasteiger partial charge in [-0.2, -0.15) is 5.10 Å². The maximum absolute atomic E-state index is 14.6. The zero-order valence-corrected chi connectivity index (χ0v) is 18.3. The first kappa shape index (κ1) is 22.7. The van der Waals surface area contributed by atoms with Crippen LogP contribution in [0.1, 0.15) is 15.2 Å². The third-order valence-corrected chi connectivity index (χ3v) is 6.22. The number of benzene rings is 2. The number of amides is 1. The molecule has 0 bridgehead atoms. The molecule has 1 N–H and O–H groups in total. The minimum Gasteiger partial charge on any atom is -0.381 e. The first-order chi connectivity index (χ1) is 15.7. The van der Waals surface area contributed by atoms with Crippen LogP contribution in [-0.2, 0) is 12.1 Å². The van der Waals surface area contributed by atoms with Crippen LogP contribution < -0.4 is 0 Å². The molecule has 10 heteroatoms. The first-order valence-electron chi connectivity index (χ1n) is 9.87. The van der Waals surface area contributed by atoms with Crippen LogP contribution in [0.15, 0.2) is 67.3 Å². The number of nitrogens with zero attached hydrogens (tertiary/aromatic N) is 4. The summed E-state index contributed by atoms with van der Waals surface area (Å²) in [7, 11) is 1.47. The summed E-state index contributed by atoms with van der Waals surface area (Å²) in [5.74, 6) is -2.53. The molecule has 0 aliphatic rings. The van der Waals surface area contributed by atoms with Gasteiger partial charge in [-0.15, -0.1) is 11.3 Å². The van der Waals surface area contributed by atoms with Crippen molar-refractivity contribution in [3.8, 4) is 10.4 Å². The number of likely N-dealkylation sites (N-methyl/N-ethyl adjacent to an activating group) is 1. The molecule has 0 fully saturated rings. The molecule has 4 aromatic rings. The van der Waals surface area contributed by atoms with Gasteiger partial charge in [0, 0.05) is 23.6 Å². The van der Waals surface area contributed by atoms with E-state index in [2.05, 4.69) is 10.1 Å². The number of carbonyl (C=O) groups excluding carboxylic acids is 1. The first-order valence-corrected chi connectivity index (χ1v) is 10.7. The molecule has 0 aliphatic carbocycles. The number of carbonyl (C=O) groups is 1. The Morgan fingerprint density at radius 1 is 1.12 bits per heavy atom. The standard InChI is InChI=1S/C23H19F3N4O2S/c1-29(22(31)21-8-7-20(33-21)15-3-2-4-16(24)9-15)11-23(32,12-30-14-27-13-28-30)18-6-5-17(25)10-19(18)26/h2-10,13-14,32H,11-12H2,1H3. The summed E-state index contributed by atoms with van der Waals surface area (Å²) in [4.78, 5) is 19.2. The minimum absolute atomic E-state index is 0.175. The summed E-state index contributed by atoms with van der Waals surface area (Å²) < 4.78 is 42.9. The lowest BCUT2D eigenvalue weighted by atomic mass is 9.92. The fourth-order valence-corrected chi connectivity index (χ4v) is 4.57. The Morgan fingerprint density at radius 3 is 2.61 bits per heavy atom. The van der Waals surface area contributed by atoms with E-state index in [1.54, 1.807) is 24.3 Å². The SMILES string of the molecule is CN(CC(O)(Cn1cncn1)c1ccc(F)cc1F)C(=O)c1ccc(-c2cccc(F)c2)s1. The zero-order chi connectivity index (χ0) is 23.6. The number of hydrogen-bond acceptors (Lipinski definition) is 5. The number of thiophene rings is 1. The minimum atomic E-state index is -1.92. The second-order valence-electron chi connectivity index (χ2n) is 7.58. The van der Waals surface area contributed by atoms with E-state index in [1.165, 1.54) is 52.8 Å². The Bertz CT molecular complexity index is 1280. The Labute approximate surface area is 191 Å². The van der Waals surface area contributed by atoms with Gasteiger partial charge in [0.2, 0.25) is 0 Å². The van der Waals surface area contributed by atoms with E-state index in [0.717, 1.165) is 12.1 Å². The molecule has 170 valence electrons. The Balaban J connectivity index is 1.60. The van der Waals surface area contributed by atoms with Crippen molar-refractivity contribution in [2.75, 3.05) is 13.6 Å². The molecule has 0 spiro atoms. The lowest BCUT2D eigenvalue weighted by Gasteiger charge is -2.33. The second-order valence-corrected chi connectivity index (χ2v) is 8.67. The van der Waals surface area contributed by atoms with Gasteiger partial charge >= 0.3 is 0 Å². The molecule has 2 heterocycles. The molecule has 6 nitrogen and oxygen atoms in total. The molecule has 0 radical (unpaired) electrons. The molecule has 4 rings (SSSR count). The van der Waals surface area contributed by atoms with Crippen LogP contribution in [0.25, 0.3) is 10.4 Å². The smallest absolute Gasteiger partial charge is 0.263 e. The van der Waals surface area contributed by atoms with Gasteiger partial charge in [-0.25, -0.2) is 22.8 Å². The predicted octanol–water partition coefficient (Wildman–Crippen LogP) is 4.08. The van der Waals surface area contributed by atoms with Gasteiger partial charge < -0.3 is 10.0 Å². The van der Waals surface area contributed by atoms with Crippen LogP contribution in [0.2, 0.25) is 0 Å². The van der Waals surface area contributed by atoms with Crippen LogP contribution in [0.3, 0.4) is 0 Å². The van der Waals surface area contributed by atoms with Crippen LogP contribution >= 0.6 is 11.3 Å². The monoisotopic (exact) mass is 472 g/mol. The Morgan fingerprint density at radius 2 is 1.91 bits per heavy atom. The molecule has 1 atom stereocenters. The largest absolute Gasteiger partial charge is 0.381 e. The fraction of sp³-hybridized carbons (Fsp3) is 0.174. The fourth-order valence-electron chi connectivity index (χ4n) is 3.57. The molecule has 2 aromatic heterocycles. The highest BCUT2D eigenvalue weighted by atomic mass is 32.1. The van der Waals surface area contributed by atoms with Crippen LogP contribution in [0.5, 0.6) is 0 Å². The lowest BCUT2D eigenvalue weighted by molar-refractivity contribution is -0.0127. The van der Waals surface area contributed by atoms with E-state index in [4.69, 9.17) is 0 Å². The van der Waals surface area contributed by atoms with Crippen molar-refractivity contribution >= 4 is 17.2 Å². The highest BCUT2D eigenvalue weighted by molar-refractivity contribution is 7.17. The molecule has 1 amide bonds. The van der Waals surface area contributed by atoms with Crippen LogP contribution in [0.4, 0.5) is 13.2 Å². The topological polar surface area (TPSA) is 71.2 Å². The molecule has 2 aromatic carbocycles. The van der Waals surface area contributed by atoms with Crippen LogP contribution in [-0.4, -0.2) is 44.3 Å². The highest BCUT2D eigenvalue weighted by Crippen LogP contribution is 2.31. The third kappa shape index (κ3) is 4.96. The maximum atomic E-state index is 14.6. The molecular weight excluding hydrogens is 453 g/mol. The Kier molecular flexibility index (Phi) is 6.30. The second kappa shape index (κ2) is 9.16. The van der Waals surface area contributed by atoms with Crippen molar-refractivity contribution in [3.63, 3.8) is 0 Å². The average molecular weight is 472 g/mol. The van der Waals surface area contributed by atoms with Crippen LogP contribution in [0, 0.1) is 17.5 Å². The van der Waals surface area contributed by atoms with E-state index in [0.29, 0.717) is 21.4 Å². The van der Waals surface area contributed by atoms with Gasteiger partial charge in [0.15, 0.2) is 0 Å². The van der Waals surface area contributed by atoms with Crippen molar-refractivity contribution in [2.24, 2.45) is 0 Å². The third-order valence-electron chi connectivity index (χ3n) is 5.09. The molecule has 0 saturated carbocycles. The van der Waals surface area contributed by atoms with Gasteiger partial charge in [0.25, 0.3) is 5.91 Å². The lowest BCUT2D eigenvalue weighted by Crippen LogP contribution is -2.45. The van der Waals surface area contributed by atoms with Gasteiger partial charge in [-0.3, -0.25) is 4.79 Å². The van der Waals surface area contributed by atoms with E-state index < -0.39 is 23.1 Å². The normalized spacial score (nSPS) is 13.0. The number of hydrogen-bond donors (Lipinski definition) is 1. The van der Waals surface area contributed by atoms with Crippen molar-refractivity contribution < 1.29 is 23.1 Å². The number of aromatic nitrogens is 3. The maximum Gasteiger partial charge on any atom is 0.263 e. The number of halogens is 3. The molecule has 0 aliphatic heterocycles. The van der Waals surface area contributed by atoms with Gasteiger partial charge in [-0.1, -0.05) is 18.2 Å². The Hall–Kier alpha value is -3.50. The van der Waals surface area contributed by atoms with Gasteiger partial charge in [0.1, 0.15) is 35.7 Å². The van der Waals surface area contributed by atoms with E-state index >= 15 is 0 Å². The molecule has 1 unspecified atom stereocenters. The quantitative estimate of drug-likeness (QED) is 0.440. The summed E-state index contributed by atoms with van der Waals surface area (Å²) in [5.41, 5.74) is -1.46. The van der Waals surface area contributed by atoms with E-state index in [9.17, 15) is 23.1 Å². The number of aliphatic hydroxyl groups is 1. The van der Waals surface area contributed by atoms with Gasteiger partial charge in [-0.05, 0) is 35.9 Å². The highest BCUT2D eigenvalue weighted by Gasteiger charge is 2.36. The summed E-state index contributed by atoms with van der Waals surface area (Å²) in [6, 6.07) is 12.2. The van der Waals surface area contributed by atoms with Crippen molar-refractivity contribution in [2.45, 2.75) is 12.1 Å². The summed E-state index contributed by atoms with van der Waals surface area (Å²) >= 11 is 1.17. The summed E-state index contributed by atoms with van der Waals surface area (Å²) in [6.45, 7) is -0.520. The molecule has 33 heavy (non-hydrogen) atoms. The van der Waals surface area contributed by atoms with Gasteiger partial charge in [0.05, 0.1) is 18.0 Å². The van der Waals surface area contributed by atoms with Crippen molar-refractivity contribution in [3.05, 3.63) is 95.1 Å². The van der Waals surface area contributed by atoms with Crippen molar-refractivity contribution in [1.29, 1.82) is 0 Å². The zero-order valence-electron chi connectivity index (χ0n) is 17.5. The average Bonchev–Trinajstić information content (AvgIpc) is 3.45. The summed E-state index contributed by atoms with van der Waals surface area (Å²) in [5, 5.41) is 15.4. The van der Waals surface area contributed by atoms with E-state index in [-0.39, 0.29) is 24.5 Å². The number of rotatable bonds is 7. The molecular formula is C23H19F3N4O2S.